The van der Waals surface area contributed by atoms with Gasteiger partial charge in [-0.1, -0.05) is 13.8 Å². The Labute approximate surface area is 84.0 Å². The predicted molar refractivity (Wildman–Crippen MR) is 58.4 cm³/mol. The molecule has 2 rings (SSSR count). The zero-order chi connectivity index (χ0) is 10.1. The fourth-order valence-electron chi connectivity index (χ4n) is 1.46. The van der Waals surface area contributed by atoms with Crippen LogP contribution >= 0.6 is 0 Å². The van der Waals surface area contributed by atoms with Gasteiger partial charge in [-0.05, 0) is 36.6 Å². The molecule has 0 aliphatic carbocycles. The minimum Gasteiger partial charge on any atom is -0.236 e. The Morgan fingerprint density at radius 3 is 2.71 bits per heavy atom. The van der Waals surface area contributed by atoms with Crippen molar-refractivity contribution in [1.82, 2.24) is 9.97 Å². The Morgan fingerprint density at radius 1 is 1.21 bits per heavy atom. The van der Waals surface area contributed by atoms with Gasteiger partial charge in [0.15, 0.2) is 5.65 Å². The van der Waals surface area contributed by atoms with E-state index in [2.05, 4.69) is 42.0 Å². The Morgan fingerprint density at radius 2 is 2.00 bits per heavy atom. The molecule has 0 saturated carbocycles. The van der Waals surface area contributed by atoms with Crippen LogP contribution in [0.4, 0.5) is 0 Å². The van der Waals surface area contributed by atoms with Crippen molar-refractivity contribution in [3.8, 4) is 0 Å². The summed E-state index contributed by atoms with van der Waals surface area (Å²) in [5, 5.41) is 1.12. The molecule has 0 N–H and O–H groups in total. The number of rotatable bonds is 1. The van der Waals surface area contributed by atoms with Crippen molar-refractivity contribution in [2.24, 2.45) is 0 Å². The average molecular weight is 186 g/mol. The number of hydrogen-bond donors (Lipinski definition) is 0. The minimum absolute atomic E-state index is 0.461. The highest BCUT2D eigenvalue weighted by Crippen LogP contribution is 2.16. The van der Waals surface area contributed by atoms with Gasteiger partial charge in [0.1, 0.15) is 0 Å². The van der Waals surface area contributed by atoms with Crippen molar-refractivity contribution in [2.45, 2.75) is 26.7 Å². The number of nitrogens with zero attached hydrogens (tertiary/aromatic N) is 2. The summed E-state index contributed by atoms with van der Waals surface area (Å²) in [4.78, 5) is 8.82. The molecule has 0 amide bonds. The summed E-state index contributed by atoms with van der Waals surface area (Å²) in [5.74, 6) is 0.461. The van der Waals surface area contributed by atoms with Crippen molar-refractivity contribution in [1.29, 1.82) is 0 Å². The quantitative estimate of drug-likeness (QED) is 0.684. The van der Waals surface area contributed by atoms with Gasteiger partial charge in [0.25, 0.3) is 0 Å². The first-order chi connectivity index (χ1) is 6.66. The normalized spacial score (nSPS) is 11.1. The molecule has 0 bridgehead atoms. The van der Waals surface area contributed by atoms with Crippen LogP contribution in [-0.4, -0.2) is 9.97 Å². The Hall–Kier alpha value is -1.44. The highest BCUT2D eigenvalue weighted by Gasteiger charge is 2.02. The lowest BCUT2D eigenvalue weighted by atomic mass is 10.1. The molecule has 0 atom stereocenters. The molecule has 0 radical (unpaired) electrons. The second-order valence-corrected chi connectivity index (χ2v) is 3.95. The molecule has 2 heterocycles. The van der Waals surface area contributed by atoms with Gasteiger partial charge >= 0.3 is 0 Å². The first-order valence-electron chi connectivity index (χ1n) is 4.90. The van der Waals surface area contributed by atoms with Crippen LogP contribution < -0.4 is 0 Å². The summed E-state index contributed by atoms with van der Waals surface area (Å²) in [5.41, 5.74) is 3.13. The number of aromatic nitrogens is 2. The van der Waals surface area contributed by atoms with Crippen LogP contribution in [-0.2, 0) is 0 Å². The molecule has 2 nitrogen and oxygen atoms in total. The maximum absolute atomic E-state index is 4.50. The molecule has 0 aliphatic rings. The summed E-state index contributed by atoms with van der Waals surface area (Å²) in [6.07, 6.45) is 1.86. The SMILES string of the molecule is Cc1cnc2nc(C(C)C)ccc2c1. The molecule has 72 valence electrons. The lowest BCUT2D eigenvalue weighted by Gasteiger charge is -2.05. The van der Waals surface area contributed by atoms with Crippen molar-refractivity contribution >= 4 is 11.0 Å². The summed E-state index contributed by atoms with van der Waals surface area (Å²) in [7, 11) is 0. The zero-order valence-corrected chi connectivity index (χ0v) is 8.78. The van der Waals surface area contributed by atoms with Gasteiger partial charge in [0.2, 0.25) is 0 Å². The van der Waals surface area contributed by atoms with Crippen LogP contribution in [0.1, 0.15) is 31.0 Å². The molecule has 0 aromatic carbocycles. The lowest BCUT2D eigenvalue weighted by Crippen LogP contribution is -1.94. The molecule has 2 heteroatoms. The highest BCUT2D eigenvalue weighted by molar-refractivity contribution is 5.75. The second kappa shape index (κ2) is 3.37. The summed E-state index contributed by atoms with van der Waals surface area (Å²) in [6.45, 7) is 6.33. The third-order valence-electron chi connectivity index (χ3n) is 2.29. The van der Waals surface area contributed by atoms with Crippen molar-refractivity contribution in [2.75, 3.05) is 0 Å². The summed E-state index contributed by atoms with van der Waals surface area (Å²) in [6, 6.07) is 6.28. The number of aryl methyl sites for hydroxylation is 1. The molecule has 0 fully saturated rings. The van der Waals surface area contributed by atoms with Crippen LogP contribution in [0.3, 0.4) is 0 Å². The van der Waals surface area contributed by atoms with Crippen LogP contribution in [0.15, 0.2) is 24.4 Å². The lowest BCUT2D eigenvalue weighted by molar-refractivity contribution is 0.828. The Kier molecular flexibility index (Phi) is 2.20. The molecule has 2 aromatic rings. The summed E-state index contributed by atoms with van der Waals surface area (Å²) >= 11 is 0. The van der Waals surface area contributed by atoms with E-state index in [1.54, 1.807) is 0 Å². The van der Waals surface area contributed by atoms with E-state index >= 15 is 0 Å². The molecule has 0 spiro atoms. The van der Waals surface area contributed by atoms with Crippen molar-refractivity contribution in [3.05, 3.63) is 35.7 Å². The van der Waals surface area contributed by atoms with E-state index in [1.807, 2.05) is 13.1 Å². The standard InChI is InChI=1S/C12H14N2/c1-8(2)11-5-4-10-6-9(3)7-13-12(10)14-11/h4-8H,1-3H3. The van der Waals surface area contributed by atoms with Gasteiger partial charge in [0.05, 0.1) is 0 Å². The Bertz CT molecular complexity index is 461. The van der Waals surface area contributed by atoms with Gasteiger partial charge in [-0.25, -0.2) is 9.97 Å². The fourth-order valence-corrected chi connectivity index (χ4v) is 1.46. The van der Waals surface area contributed by atoms with Crippen LogP contribution in [0, 0.1) is 6.92 Å². The molecule has 0 unspecified atom stereocenters. The predicted octanol–water partition coefficient (Wildman–Crippen LogP) is 3.06. The van der Waals surface area contributed by atoms with E-state index in [4.69, 9.17) is 0 Å². The smallest absolute Gasteiger partial charge is 0.159 e. The van der Waals surface area contributed by atoms with Gasteiger partial charge < -0.3 is 0 Å². The maximum Gasteiger partial charge on any atom is 0.159 e. The van der Waals surface area contributed by atoms with Gasteiger partial charge in [-0.2, -0.15) is 0 Å². The van der Waals surface area contributed by atoms with E-state index in [0.717, 1.165) is 16.7 Å². The number of pyridine rings is 2. The van der Waals surface area contributed by atoms with Crippen molar-refractivity contribution < 1.29 is 0 Å². The molecule has 2 aromatic heterocycles. The minimum atomic E-state index is 0.461. The summed E-state index contributed by atoms with van der Waals surface area (Å²) < 4.78 is 0. The van der Waals surface area contributed by atoms with E-state index in [9.17, 15) is 0 Å². The Balaban J connectivity index is 2.62. The topological polar surface area (TPSA) is 25.8 Å². The van der Waals surface area contributed by atoms with Gasteiger partial charge in [-0.3, -0.25) is 0 Å². The number of hydrogen-bond acceptors (Lipinski definition) is 2. The number of fused-ring (bicyclic) bond motifs is 1. The zero-order valence-electron chi connectivity index (χ0n) is 8.78. The van der Waals surface area contributed by atoms with E-state index in [0.29, 0.717) is 5.92 Å². The monoisotopic (exact) mass is 186 g/mol. The molecule has 0 aliphatic heterocycles. The van der Waals surface area contributed by atoms with Gasteiger partial charge in [0, 0.05) is 17.3 Å². The molecule has 0 saturated heterocycles. The fraction of sp³-hybridized carbons (Fsp3) is 0.333. The third kappa shape index (κ3) is 1.60. The van der Waals surface area contributed by atoms with Crippen LogP contribution in [0.25, 0.3) is 11.0 Å². The van der Waals surface area contributed by atoms with E-state index in [1.165, 1.54) is 5.56 Å². The van der Waals surface area contributed by atoms with Crippen molar-refractivity contribution in [3.63, 3.8) is 0 Å². The average Bonchev–Trinajstić information content (AvgIpc) is 2.16. The van der Waals surface area contributed by atoms with Crippen LogP contribution in [0.5, 0.6) is 0 Å². The third-order valence-corrected chi connectivity index (χ3v) is 2.29. The largest absolute Gasteiger partial charge is 0.236 e. The molecular formula is C12H14N2. The van der Waals surface area contributed by atoms with Gasteiger partial charge in [-0.15, -0.1) is 0 Å². The molecular weight excluding hydrogens is 172 g/mol. The highest BCUT2D eigenvalue weighted by atomic mass is 14.8. The second-order valence-electron chi connectivity index (χ2n) is 3.95. The first-order valence-corrected chi connectivity index (χ1v) is 4.90. The van der Waals surface area contributed by atoms with E-state index in [-0.39, 0.29) is 0 Å². The molecule has 14 heavy (non-hydrogen) atoms. The van der Waals surface area contributed by atoms with E-state index < -0.39 is 0 Å². The maximum atomic E-state index is 4.50. The van der Waals surface area contributed by atoms with Crippen LogP contribution in [0.2, 0.25) is 0 Å². The first kappa shape index (κ1) is 9.13.